The molecular weight excluding hydrogens is 327 g/mol. The Morgan fingerprint density at radius 2 is 1.83 bits per heavy atom. The highest BCUT2D eigenvalue weighted by Crippen LogP contribution is 2.39. The summed E-state index contributed by atoms with van der Waals surface area (Å²) in [6.07, 6.45) is -0.938. The van der Waals surface area contributed by atoms with E-state index >= 15 is 0 Å². The van der Waals surface area contributed by atoms with E-state index in [1.807, 2.05) is 5.32 Å². The summed E-state index contributed by atoms with van der Waals surface area (Å²) in [6, 6.07) is 7.44. The van der Waals surface area contributed by atoms with E-state index in [0.717, 1.165) is 12.5 Å². The number of carbonyl (C=O) groups excluding carboxylic acids is 2. The summed E-state index contributed by atoms with van der Waals surface area (Å²) >= 11 is 0. The third-order valence-electron chi connectivity index (χ3n) is 2.86. The van der Waals surface area contributed by atoms with Crippen molar-refractivity contribution in [1.29, 1.82) is 0 Å². The number of aliphatic hydroxyl groups is 1. The molecule has 2 amide bonds. The predicted octanol–water partition coefficient (Wildman–Crippen LogP) is -0.0864. The minimum atomic E-state index is -4.51. The fourth-order valence-corrected chi connectivity index (χ4v) is 1.79. The third-order valence-corrected chi connectivity index (χ3v) is 4.00. The molecule has 0 spiro atoms. The first-order valence-electron chi connectivity index (χ1n) is 6.67. The summed E-state index contributed by atoms with van der Waals surface area (Å²) in [6.45, 7) is 0.340. The number of ether oxygens (including phenoxy) is 1. The van der Waals surface area contributed by atoms with Crippen LogP contribution in [0.4, 0.5) is 4.79 Å². The Bertz CT molecular complexity index is 575. The summed E-state index contributed by atoms with van der Waals surface area (Å²) in [7, 11) is -4.51. The molecule has 5 N–H and O–H groups in total. The molecule has 0 saturated heterocycles. The smallest absolute Gasteiger partial charge is 0.408 e. The van der Waals surface area contributed by atoms with E-state index < -0.39 is 38.0 Å². The van der Waals surface area contributed by atoms with Gasteiger partial charge in [-0.1, -0.05) is 30.3 Å². The zero-order chi connectivity index (χ0) is 17.5. The molecule has 0 aliphatic heterocycles. The molecule has 0 unspecified atom stereocenters. The van der Waals surface area contributed by atoms with Crippen molar-refractivity contribution in [2.24, 2.45) is 0 Å². The molecule has 0 radical (unpaired) electrons. The van der Waals surface area contributed by atoms with Crippen LogP contribution in [-0.2, 0) is 20.7 Å². The van der Waals surface area contributed by atoms with Gasteiger partial charge < -0.3 is 30.3 Å². The van der Waals surface area contributed by atoms with Crippen LogP contribution in [0.25, 0.3) is 0 Å². The molecule has 128 valence electrons. The van der Waals surface area contributed by atoms with Crippen LogP contribution in [0.15, 0.2) is 30.3 Å². The topological polar surface area (TPSA) is 145 Å². The Morgan fingerprint density at radius 3 is 2.35 bits per heavy atom. The van der Waals surface area contributed by atoms with E-state index in [1.165, 1.54) is 0 Å². The molecule has 0 fully saturated rings. The molecule has 23 heavy (non-hydrogen) atoms. The lowest BCUT2D eigenvalue weighted by Gasteiger charge is -2.20. The van der Waals surface area contributed by atoms with Gasteiger partial charge in [0.25, 0.3) is 0 Å². The van der Waals surface area contributed by atoms with E-state index in [9.17, 15) is 14.2 Å². The second-order valence-corrected chi connectivity index (χ2v) is 6.67. The molecule has 0 bridgehead atoms. The molecule has 0 aliphatic carbocycles. The lowest BCUT2D eigenvalue weighted by atomic mass is 10.2. The van der Waals surface area contributed by atoms with Crippen molar-refractivity contribution in [3.05, 3.63) is 35.9 Å². The molecule has 1 aromatic carbocycles. The first-order chi connectivity index (χ1) is 10.7. The zero-order valence-electron chi connectivity index (χ0n) is 12.4. The van der Waals surface area contributed by atoms with Crippen LogP contribution in [0, 0.1) is 0 Å². The first kappa shape index (κ1) is 19.1. The van der Waals surface area contributed by atoms with Gasteiger partial charge in [0.2, 0.25) is 5.91 Å². The lowest BCUT2D eigenvalue weighted by molar-refractivity contribution is -0.124. The van der Waals surface area contributed by atoms with Gasteiger partial charge in [0.05, 0.1) is 6.61 Å². The molecule has 9 nitrogen and oxygen atoms in total. The van der Waals surface area contributed by atoms with Crippen LogP contribution in [0.1, 0.15) is 12.5 Å². The van der Waals surface area contributed by atoms with Crippen LogP contribution in [0.5, 0.6) is 0 Å². The highest BCUT2D eigenvalue weighted by molar-refractivity contribution is 7.52. The highest BCUT2D eigenvalue weighted by Gasteiger charge is 2.29. The van der Waals surface area contributed by atoms with E-state index in [1.54, 1.807) is 30.3 Å². The number of alkyl carbamates (subject to hydrolysis) is 1. The number of hydrogen-bond donors (Lipinski definition) is 5. The van der Waals surface area contributed by atoms with Crippen molar-refractivity contribution in [1.82, 2.24) is 10.6 Å². The highest BCUT2D eigenvalue weighted by atomic mass is 31.2. The number of amides is 2. The lowest BCUT2D eigenvalue weighted by Crippen LogP contribution is -2.50. The van der Waals surface area contributed by atoms with Crippen LogP contribution in [0.3, 0.4) is 0 Å². The predicted molar refractivity (Wildman–Crippen MR) is 80.3 cm³/mol. The van der Waals surface area contributed by atoms with Gasteiger partial charge in [-0.3, -0.25) is 9.36 Å². The average molecular weight is 346 g/mol. The number of hydrogen-bond acceptors (Lipinski definition) is 5. The van der Waals surface area contributed by atoms with Gasteiger partial charge in [0.1, 0.15) is 18.4 Å². The SMILES string of the molecule is C[C@H](NC(=O)[C@H](CO)NC(=O)OCc1ccccc1)P(=O)(O)O. The van der Waals surface area contributed by atoms with Gasteiger partial charge in [-0.25, -0.2) is 4.79 Å². The van der Waals surface area contributed by atoms with E-state index in [0.29, 0.717) is 0 Å². The summed E-state index contributed by atoms with van der Waals surface area (Å²) in [5.41, 5.74) is 0.739. The van der Waals surface area contributed by atoms with Crippen molar-refractivity contribution in [3.63, 3.8) is 0 Å². The summed E-state index contributed by atoms with van der Waals surface area (Å²) in [5, 5.41) is 13.3. The molecule has 1 aromatic rings. The maximum Gasteiger partial charge on any atom is 0.408 e. The van der Waals surface area contributed by atoms with Gasteiger partial charge in [-0.2, -0.15) is 0 Å². The summed E-state index contributed by atoms with van der Waals surface area (Å²) in [4.78, 5) is 41.2. The maximum absolute atomic E-state index is 11.8. The Labute approximate surface area is 132 Å². The van der Waals surface area contributed by atoms with Crippen molar-refractivity contribution in [2.45, 2.75) is 25.4 Å². The van der Waals surface area contributed by atoms with Crippen molar-refractivity contribution >= 4 is 19.6 Å². The summed E-state index contributed by atoms with van der Waals surface area (Å²) in [5.74, 6) is -2.37. The van der Waals surface area contributed by atoms with E-state index in [2.05, 4.69) is 5.32 Å². The number of carbonyl (C=O) groups is 2. The normalized spacial score (nSPS) is 13.7. The summed E-state index contributed by atoms with van der Waals surface area (Å²) < 4.78 is 15.9. The first-order valence-corrected chi connectivity index (χ1v) is 8.36. The molecule has 10 heteroatoms. The number of rotatable bonds is 7. The standard InChI is InChI=1S/C13H19N2O7P/c1-9(23(19,20)21)14-12(17)11(7-16)15-13(18)22-8-10-5-3-2-4-6-10/h2-6,9,11,16H,7-8H2,1H3,(H,14,17)(H,15,18)(H2,19,20,21)/t9-,11+/m1/s1. The number of benzene rings is 1. The third kappa shape index (κ3) is 6.79. The quantitative estimate of drug-likeness (QED) is 0.434. The van der Waals surface area contributed by atoms with Crippen LogP contribution < -0.4 is 10.6 Å². The minimum absolute atomic E-state index is 0.0225. The van der Waals surface area contributed by atoms with Crippen LogP contribution in [-0.4, -0.2) is 45.3 Å². The Kier molecular flexibility index (Phi) is 7.18. The Morgan fingerprint density at radius 1 is 1.22 bits per heavy atom. The maximum atomic E-state index is 11.8. The molecule has 0 aliphatic rings. The average Bonchev–Trinajstić information content (AvgIpc) is 2.50. The van der Waals surface area contributed by atoms with Gasteiger partial charge in [0, 0.05) is 0 Å². The molecule has 0 aromatic heterocycles. The molecule has 1 rings (SSSR count). The van der Waals surface area contributed by atoms with E-state index in [-0.39, 0.29) is 6.61 Å². The number of nitrogens with one attached hydrogen (secondary N) is 2. The van der Waals surface area contributed by atoms with Crippen LogP contribution in [0.2, 0.25) is 0 Å². The fourth-order valence-electron chi connectivity index (χ4n) is 1.49. The second-order valence-electron chi connectivity index (χ2n) is 4.71. The fraction of sp³-hybridized carbons (Fsp3) is 0.385. The Hall–Kier alpha value is -1.93. The van der Waals surface area contributed by atoms with Gasteiger partial charge in [-0.15, -0.1) is 0 Å². The van der Waals surface area contributed by atoms with Crippen LogP contribution >= 0.6 is 7.60 Å². The molecule has 2 atom stereocenters. The molecule has 0 saturated carbocycles. The van der Waals surface area contributed by atoms with Crippen molar-refractivity contribution in [2.75, 3.05) is 6.61 Å². The van der Waals surface area contributed by atoms with Gasteiger partial charge in [-0.05, 0) is 12.5 Å². The largest absolute Gasteiger partial charge is 0.445 e. The Balaban J connectivity index is 2.50. The molecular formula is C13H19N2O7P. The minimum Gasteiger partial charge on any atom is -0.445 e. The monoisotopic (exact) mass is 346 g/mol. The van der Waals surface area contributed by atoms with Gasteiger partial charge >= 0.3 is 13.7 Å². The molecule has 0 heterocycles. The van der Waals surface area contributed by atoms with E-state index in [4.69, 9.17) is 19.6 Å². The van der Waals surface area contributed by atoms with Crippen molar-refractivity contribution in [3.8, 4) is 0 Å². The van der Waals surface area contributed by atoms with Crippen molar-refractivity contribution < 1.29 is 33.8 Å². The van der Waals surface area contributed by atoms with Gasteiger partial charge in [0.15, 0.2) is 0 Å². The number of aliphatic hydroxyl groups excluding tert-OH is 1. The second kappa shape index (κ2) is 8.64. The zero-order valence-corrected chi connectivity index (χ0v) is 13.3.